The summed E-state index contributed by atoms with van der Waals surface area (Å²) in [6, 6.07) is 34.5. The third-order valence-corrected chi connectivity index (χ3v) is 7.46. The van der Waals surface area contributed by atoms with Crippen molar-refractivity contribution in [2.45, 2.75) is 44.9 Å². The fraction of sp³-hybridized carbons (Fsp3) is 0.212. The van der Waals surface area contributed by atoms with Crippen LogP contribution >= 0.6 is 0 Å². The number of nitrogens with zero attached hydrogens (tertiary/aromatic N) is 2. The maximum Gasteiger partial charge on any atom is 0.0712 e. The van der Waals surface area contributed by atoms with Crippen molar-refractivity contribution in [3.05, 3.63) is 108 Å². The summed E-state index contributed by atoms with van der Waals surface area (Å²) in [5, 5.41) is 5.21. The SMILES string of the molecule is CCC(CCCCc1c2ccccc2nc2ccccc12)c1c2ccccc2nc2ccccc12. The van der Waals surface area contributed by atoms with E-state index in [-0.39, 0.29) is 0 Å². The first-order valence-electron chi connectivity index (χ1n) is 12.9. The quantitative estimate of drug-likeness (QED) is 0.178. The number of para-hydroxylation sites is 4. The van der Waals surface area contributed by atoms with Crippen molar-refractivity contribution in [3.8, 4) is 0 Å². The minimum absolute atomic E-state index is 0.527. The third kappa shape index (κ3) is 4.04. The maximum absolute atomic E-state index is 4.94. The highest BCUT2D eigenvalue weighted by Gasteiger charge is 2.17. The van der Waals surface area contributed by atoms with Gasteiger partial charge < -0.3 is 0 Å². The molecule has 2 aromatic heterocycles. The van der Waals surface area contributed by atoms with Gasteiger partial charge in [-0.2, -0.15) is 0 Å². The molecule has 172 valence electrons. The number of hydrogen-bond donors (Lipinski definition) is 0. The molecule has 4 aromatic carbocycles. The second-order valence-electron chi connectivity index (χ2n) is 9.54. The second kappa shape index (κ2) is 9.46. The van der Waals surface area contributed by atoms with E-state index in [0.29, 0.717) is 5.92 Å². The first-order valence-corrected chi connectivity index (χ1v) is 12.9. The Labute approximate surface area is 206 Å². The standard InChI is InChI=1S/C33H30N2/c1-2-23(33-27-17-7-11-21-31(27)35-32-22-12-8-18-28(32)33)13-3-4-14-24-25-15-5-9-19-29(25)34-30-20-10-6-16-26(24)30/h5-12,15-23H,2-4,13-14H2,1H3. The van der Waals surface area contributed by atoms with Crippen LogP contribution in [0, 0.1) is 0 Å². The molecule has 2 heteroatoms. The van der Waals surface area contributed by atoms with Crippen LogP contribution in [-0.2, 0) is 6.42 Å². The number of fused-ring (bicyclic) bond motifs is 4. The summed E-state index contributed by atoms with van der Waals surface area (Å²) in [7, 11) is 0. The van der Waals surface area contributed by atoms with Crippen LogP contribution in [0.2, 0.25) is 0 Å². The molecule has 2 heterocycles. The van der Waals surface area contributed by atoms with E-state index in [4.69, 9.17) is 9.97 Å². The summed E-state index contributed by atoms with van der Waals surface area (Å²) in [6.07, 6.45) is 5.79. The van der Waals surface area contributed by atoms with E-state index in [1.54, 1.807) is 0 Å². The minimum Gasteiger partial charge on any atom is -0.248 e. The molecule has 0 bridgehead atoms. The lowest BCUT2D eigenvalue weighted by Crippen LogP contribution is -2.02. The molecule has 6 rings (SSSR count). The molecule has 0 amide bonds. The topological polar surface area (TPSA) is 25.8 Å². The van der Waals surface area contributed by atoms with Gasteiger partial charge in [0.2, 0.25) is 0 Å². The monoisotopic (exact) mass is 454 g/mol. The van der Waals surface area contributed by atoms with Crippen molar-refractivity contribution in [2.75, 3.05) is 0 Å². The number of aromatic nitrogens is 2. The van der Waals surface area contributed by atoms with Crippen LogP contribution in [0.25, 0.3) is 43.6 Å². The number of aryl methyl sites for hydroxylation is 1. The number of rotatable bonds is 7. The Bertz CT molecular complexity index is 1540. The lowest BCUT2D eigenvalue weighted by Gasteiger charge is -2.20. The molecule has 1 unspecified atom stereocenters. The van der Waals surface area contributed by atoms with Crippen LogP contribution in [-0.4, -0.2) is 9.97 Å². The van der Waals surface area contributed by atoms with Crippen LogP contribution in [0.3, 0.4) is 0 Å². The molecule has 0 saturated carbocycles. The summed E-state index contributed by atoms with van der Waals surface area (Å²) in [4.78, 5) is 9.84. The van der Waals surface area contributed by atoms with Crippen molar-refractivity contribution in [2.24, 2.45) is 0 Å². The zero-order valence-corrected chi connectivity index (χ0v) is 20.2. The summed E-state index contributed by atoms with van der Waals surface area (Å²) in [5.41, 5.74) is 7.33. The summed E-state index contributed by atoms with van der Waals surface area (Å²) in [5.74, 6) is 0.527. The van der Waals surface area contributed by atoms with E-state index in [1.807, 2.05) is 0 Å². The Morgan fingerprint density at radius 3 is 1.46 bits per heavy atom. The molecule has 0 aliphatic rings. The molecule has 0 spiro atoms. The van der Waals surface area contributed by atoms with Gasteiger partial charge in [-0.05, 0) is 67.0 Å². The van der Waals surface area contributed by atoms with Gasteiger partial charge in [-0.15, -0.1) is 0 Å². The molecule has 6 aromatic rings. The zero-order chi connectivity index (χ0) is 23.6. The zero-order valence-electron chi connectivity index (χ0n) is 20.2. The van der Waals surface area contributed by atoms with Crippen LogP contribution in [0.4, 0.5) is 0 Å². The van der Waals surface area contributed by atoms with E-state index < -0.39 is 0 Å². The molecular formula is C33H30N2. The molecule has 35 heavy (non-hydrogen) atoms. The smallest absolute Gasteiger partial charge is 0.0712 e. The Kier molecular flexibility index (Phi) is 5.88. The van der Waals surface area contributed by atoms with Crippen molar-refractivity contribution in [1.82, 2.24) is 9.97 Å². The summed E-state index contributed by atoms with van der Waals surface area (Å²) >= 11 is 0. The van der Waals surface area contributed by atoms with Crippen LogP contribution in [0.15, 0.2) is 97.1 Å². The van der Waals surface area contributed by atoms with Gasteiger partial charge in [-0.1, -0.05) is 86.1 Å². The number of unbranched alkanes of at least 4 members (excludes halogenated alkanes) is 1. The summed E-state index contributed by atoms with van der Waals surface area (Å²) < 4.78 is 0. The molecule has 1 atom stereocenters. The fourth-order valence-electron chi connectivity index (χ4n) is 5.75. The Balaban J connectivity index is 1.29. The highest BCUT2D eigenvalue weighted by molar-refractivity contribution is 5.98. The Morgan fingerprint density at radius 1 is 0.543 bits per heavy atom. The Morgan fingerprint density at radius 2 is 0.971 bits per heavy atom. The van der Waals surface area contributed by atoms with E-state index in [1.165, 1.54) is 51.9 Å². The largest absolute Gasteiger partial charge is 0.248 e. The third-order valence-electron chi connectivity index (χ3n) is 7.46. The van der Waals surface area contributed by atoms with Crippen LogP contribution < -0.4 is 0 Å². The predicted molar refractivity (Wildman–Crippen MR) is 149 cm³/mol. The highest BCUT2D eigenvalue weighted by atomic mass is 14.7. The average Bonchev–Trinajstić information content (AvgIpc) is 2.91. The average molecular weight is 455 g/mol. The van der Waals surface area contributed by atoms with Crippen LogP contribution in [0.1, 0.15) is 49.7 Å². The van der Waals surface area contributed by atoms with Gasteiger partial charge >= 0.3 is 0 Å². The van der Waals surface area contributed by atoms with Crippen LogP contribution in [0.5, 0.6) is 0 Å². The molecule has 0 N–H and O–H groups in total. The highest BCUT2D eigenvalue weighted by Crippen LogP contribution is 2.37. The number of hydrogen-bond acceptors (Lipinski definition) is 2. The molecule has 2 nitrogen and oxygen atoms in total. The normalized spacial score (nSPS) is 12.6. The summed E-state index contributed by atoms with van der Waals surface area (Å²) in [6.45, 7) is 2.33. The maximum atomic E-state index is 4.94. The van der Waals surface area contributed by atoms with Gasteiger partial charge in [0, 0.05) is 21.5 Å². The van der Waals surface area contributed by atoms with Gasteiger partial charge in [-0.25, -0.2) is 9.97 Å². The second-order valence-corrected chi connectivity index (χ2v) is 9.54. The molecule has 0 aliphatic carbocycles. The molecule has 0 aliphatic heterocycles. The van der Waals surface area contributed by atoms with Crippen molar-refractivity contribution in [3.63, 3.8) is 0 Å². The fourth-order valence-corrected chi connectivity index (χ4v) is 5.75. The van der Waals surface area contributed by atoms with Gasteiger partial charge in [0.15, 0.2) is 0 Å². The van der Waals surface area contributed by atoms with E-state index >= 15 is 0 Å². The molecular weight excluding hydrogens is 424 g/mol. The van der Waals surface area contributed by atoms with Crippen molar-refractivity contribution < 1.29 is 0 Å². The lowest BCUT2D eigenvalue weighted by atomic mass is 9.85. The Hall–Kier alpha value is -3.78. The van der Waals surface area contributed by atoms with Gasteiger partial charge in [-0.3, -0.25) is 0 Å². The van der Waals surface area contributed by atoms with Gasteiger partial charge in [0.05, 0.1) is 22.1 Å². The van der Waals surface area contributed by atoms with Crippen molar-refractivity contribution >= 4 is 43.6 Å². The minimum atomic E-state index is 0.527. The first kappa shape index (κ1) is 21.7. The van der Waals surface area contributed by atoms with Gasteiger partial charge in [0.1, 0.15) is 0 Å². The van der Waals surface area contributed by atoms with E-state index in [9.17, 15) is 0 Å². The predicted octanol–water partition coefficient (Wildman–Crippen LogP) is 9.00. The molecule has 0 fully saturated rings. The molecule has 0 saturated heterocycles. The van der Waals surface area contributed by atoms with Crippen molar-refractivity contribution in [1.29, 1.82) is 0 Å². The lowest BCUT2D eigenvalue weighted by molar-refractivity contribution is 0.563. The first-order chi connectivity index (χ1) is 17.3. The van der Waals surface area contributed by atoms with Gasteiger partial charge in [0.25, 0.3) is 0 Å². The van der Waals surface area contributed by atoms with E-state index in [2.05, 4.69) is 104 Å². The van der Waals surface area contributed by atoms with E-state index in [0.717, 1.165) is 34.9 Å². The molecule has 0 radical (unpaired) electrons. The number of benzene rings is 4. The number of pyridine rings is 2.